The van der Waals surface area contributed by atoms with Crippen molar-refractivity contribution in [3.8, 4) is 11.8 Å². The van der Waals surface area contributed by atoms with E-state index in [1.165, 1.54) is 0 Å². The first kappa shape index (κ1) is 9.85. The van der Waals surface area contributed by atoms with E-state index in [0.29, 0.717) is 0 Å². The van der Waals surface area contributed by atoms with Gasteiger partial charge in [-0.3, -0.25) is 0 Å². The van der Waals surface area contributed by atoms with E-state index in [1.807, 2.05) is 0 Å². The molecule has 0 rings (SSSR count). The number of rotatable bonds is 2. The summed E-state index contributed by atoms with van der Waals surface area (Å²) in [4.78, 5) is 0. The highest BCUT2D eigenvalue weighted by Crippen LogP contribution is 2.09. The van der Waals surface area contributed by atoms with Crippen molar-refractivity contribution in [2.24, 2.45) is 5.41 Å². The molecule has 0 N–H and O–H groups in total. The maximum absolute atomic E-state index is 5.48. The molecule has 0 saturated carbocycles. The van der Waals surface area contributed by atoms with Gasteiger partial charge in [-0.1, -0.05) is 5.92 Å². The molecule has 0 atom stereocenters. The summed E-state index contributed by atoms with van der Waals surface area (Å²) in [5.41, 5.74) is 0.145. The van der Waals surface area contributed by atoms with Gasteiger partial charge in [-0.25, -0.2) is 0 Å². The van der Waals surface area contributed by atoms with Gasteiger partial charge in [-0.05, 0) is 27.2 Å². The zero-order valence-electron chi connectivity index (χ0n) is 7.00. The maximum Gasteiger partial charge on any atom is 0.0232 e. The lowest BCUT2D eigenvalue weighted by molar-refractivity contribution is 0.570. The molecule has 0 nitrogen and oxygen atoms in total. The van der Waals surface area contributed by atoms with Crippen LogP contribution in [-0.4, -0.2) is 5.88 Å². The fourth-order valence-corrected chi connectivity index (χ4v) is 0.616. The average Bonchev–Trinajstić information content (AvgIpc) is 1.78. The second-order valence-corrected chi connectivity index (χ2v) is 3.72. The minimum atomic E-state index is 0.145. The molecule has 0 heterocycles. The molecule has 0 aromatic carbocycles. The Hall–Kier alpha value is -0.150. The second kappa shape index (κ2) is 4.63. The third-order valence-corrected chi connectivity index (χ3v) is 1.17. The van der Waals surface area contributed by atoms with Gasteiger partial charge in [0.2, 0.25) is 0 Å². The largest absolute Gasteiger partial charge is 0.127 e. The van der Waals surface area contributed by atoms with Gasteiger partial charge in [0.25, 0.3) is 0 Å². The highest BCUT2D eigenvalue weighted by molar-refractivity contribution is 6.17. The number of unbranched alkanes of at least 4 members (excludes halogenated alkanes) is 1. The summed E-state index contributed by atoms with van der Waals surface area (Å²) in [7, 11) is 0. The Morgan fingerprint density at radius 2 is 1.90 bits per heavy atom. The van der Waals surface area contributed by atoms with Crippen molar-refractivity contribution in [2.75, 3.05) is 5.88 Å². The summed E-state index contributed by atoms with van der Waals surface area (Å²) in [5.74, 6) is 6.96. The molecule has 0 aliphatic rings. The van der Waals surface area contributed by atoms with Gasteiger partial charge in [-0.2, -0.15) is 0 Å². The number of hydrogen-bond acceptors (Lipinski definition) is 0. The van der Waals surface area contributed by atoms with Crippen molar-refractivity contribution in [2.45, 2.75) is 33.6 Å². The monoisotopic (exact) mass is 158 g/mol. The van der Waals surface area contributed by atoms with Crippen molar-refractivity contribution in [1.29, 1.82) is 0 Å². The van der Waals surface area contributed by atoms with Gasteiger partial charge in [0.15, 0.2) is 0 Å². The summed E-state index contributed by atoms with van der Waals surface area (Å²) in [5, 5.41) is 0. The Morgan fingerprint density at radius 3 is 2.30 bits per heavy atom. The molecule has 0 aromatic heterocycles. The van der Waals surface area contributed by atoms with E-state index < -0.39 is 0 Å². The van der Waals surface area contributed by atoms with Gasteiger partial charge < -0.3 is 0 Å². The van der Waals surface area contributed by atoms with Crippen molar-refractivity contribution >= 4 is 11.6 Å². The Balaban J connectivity index is 3.50. The Morgan fingerprint density at radius 1 is 1.30 bits per heavy atom. The molecule has 0 aliphatic heterocycles. The van der Waals surface area contributed by atoms with E-state index in [1.54, 1.807) is 0 Å². The lowest BCUT2D eigenvalue weighted by atomic mass is 9.98. The lowest BCUT2D eigenvalue weighted by Crippen LogP contribution is -1.98. The summed E-state index contributed by atoms with van der Waals surface area (Å²) in [6.07, 6.45) is 1.94. The van der Waals surface area contributed by atoms with Crippen LogP contribution in [0.1, 0.15) is 33.6 Å². The van der Waals surface area contributed by atoms with E-state index in [9.17, 15) is 0 Å². The van der Waals surface area contributed by atoms with Crippen molar-refractivity contribution in [1.82, 2.24) is 0 Å². The van der Waals surface area contributed by atoms with Gasteiger partial charge in [0, 0.05) is 17.7 Å². The first-order valence-corrected chi connectivity index (χ1v) is 4.16. The molecule has 10 heavy (non-hydrogen) atoms. The van der Waals surface area contributed by atoms with E-state index in [2.05, 4.69) is 32.6 Å². The van der Waals surface area contributed by atoms with Gasteiger partial charge in [-0.15, -0.1) is 17.5 Å². The highest BCUT2D eigenvalue weighted by Gasteiger charge is 2.02. The second-order valence-electron chi connectivity index (χ2n) is 3.34. The summed E-state index contributed by atoms with van der Waals surface area (Å²) in [6, 6.07) is 0. The topological polar surface area (TPSA) is 0 Å². The molecule has 0 radical (unpaired) electrons. The van der Waals surface area contributed by atoms with Crippen LogP contribution in [0.2, 0.25) is 0 Å². The van der Waals surface area contributed by atoms with Crippen LogP contribution in [0.25, 0.3) is 0 Å². The molecule has 0 bridgehead atoms. The molecule has 0 spiro atoms. The molecular weight excluding hydrogens is 144 g/mol. The predicted molar refractivity (Wildman–Crippen MR) is 47.2 cm³/mol. The molecular formula is C9H15Cl. The fraction of sp³-hybridized carbons (Fsp3) is 0.778. The first-order chi connectivity index (χ1) is 4.56. The molecule has 0 unspecified atom stereocenters. The Kier molecular flexibility index (Phi) is 4.56. The maximum atomic E-state index is 5.48. The van der Waals surface area contributed by atoms with Crippen LogP contribution >= 0.6 is 11.6 Å². The van der Waals surface area contributed by atoms with Gasteiger partial charge in [0.1, 0.15) is 0 Å². The number of hydrogen-bond donors (Lipinski definition) is 0. The molecule has 0 saturated heterocycles. The van der Waals surface area contributed by atoms with E-state index in [4.69, 9.17) is 11.6 Å². The van der Waals surface area contributed by atoms with Crippen molar-refractivity contribution in [3.05, 3.63) is 0 Å². The molecule has 0 aromatic rings. The zero-order chi connectivity index (χ0) is 8.04. The van der Waals surface area contributed by atoms with Crippen molar-refractivity contribution in [3.63, 3.8) is 0 Å². The van der Waals surface area contributed by atoms with Crippen LogP contribution in [-0.2, 0) is 0 Å². The summed E-state index contributed by atoms with van der Waals surface area (Å²) < 4.78 is 0. The first-order valence-electron chi connectivity index (χ1n) is 3.62. The minimum Gasteiger partial charge on any atom is -0.127 e. The normalized spacial score (nSPS) is 10.4. The highest BCUT2D eigenvalue weighted by atomic mass is 35.5. The van der Waals surface area contributed by atoms with Crippen LogP contribution in [0.15, 0.2) is 0 Å². The van der Waals surface area contributed by atoms with Crippen LogP contribution < -0.4 is 0 Å². The van der Waals surface area contributed by atoms with Crippen molar-refractivity contribution < 1.29 is 0 Å². The minimum absolute atomic E-state index is 0.145. The molecule has 0 amide bonds. The number of alkyl halides is 1. The molecule has 0 aliphatic carbocycles. The SMILES string of the molecule is CC(C)(C)C#CCCCCl. The zero-order valence-corrected chi connectivity index (χ0v) is 7.76. The quantitative estimate of drug-likeness (QED) is 0.329. The summed E-state index contributed by atoms with van der Waals surface area (Å²) >= 11 is 5.48. The Labute approximate surface area is 69.0 Å². The van der Waals surface area contributed by atoms with E-state index in [0.717, 1.165) is 18.7 Å². The van der Waals surface area contributed by atoms with Crippen LogP contribution in [0, 0.1) is 17.3 Å². The fourth-order valence-electron chi connectivity index (χ4n) is 0.483. The number of halogens is 1. The molecule has 58 valence electrons. The van der Waals surface area contributed by atoms with E-state index >= 15 is 0 Å². The van der Waals surface area contributed by atoms with Crippen LogP contribution in [0.5, 0.6) is 0 Å². The van der Waals surface area contributed by atoms with Crippen LogP contribution in [0.3, 0.4) is 0 Å². The predicted octanol–water partition coefficient (Wildman–Crippen LogP) is 3.05. The smallest absolute Gasteiger partial charge is 0.0232 e. The standard InChI is InChI=1S/C9H15Cl/c1-9(2,3)7-5-4-6-8-10/h4,6,8H2,1-3H3. The third kappa shape index (κ3) is 7.85. The van der Waals surface area contributed by atoms with Gasteiger partial charge in [0.05, 0.1) is 0 Å². The average molecular weight is 159 g/mol. The summed E-state index contributed by atoms with van der Waals surface area (Å²) in [6.45, 7) is 6.34. The van der Waals surface area contributed by atoms with Gasteiger partial charge >= 0.3 is 0 Å². The van der Waals surface area contributed by atoms with Crippen LogP contribution in [0.4, 0.5) is 0 Å². The Bertz CT molecular complexity index is 131. The lowest BCUT2D eigenvalue weighted by Gasteiger charge is -2.06. The van der Waals surface area contributed by atoms with E-state index in [-0.39, 0.29) is 5.41 Å². The molecule has 0 fully saturated rings. The third-order valence-electron chi connectivity index (χ3n) is 0.899. The molecule has 1 heteroatoms.